The van der Waals surface area contributed by atoms with Gasteiger partial charge in [0.25, 0.3) is 5.91 Å². The van der Waals surface area contributed by atoms with Crippen LogP contribution in [-0.4, -0.2) is 38.2 Å². The van der Waals surface area contributed by atoms with E-state index in [1.54, 1.807) is 13.0 Å². The highest BCUT2D eigenvalue weighted by atomic mass is 32.2. The van der Waals surface area contributed by atoms with Crippen LogP contribution in [0.15, 0.2) is 46.7 Å². The highest BCUT2D eigenvalue weighted by Crippen LogP contribution is 2.34. The van der Waals surface area contributed by atoms with E-state index < -0.39 is 17.9 Å². The molecular formula is C18H14N2O4S3. The number of hydrogen-bond acceptors (Lipinski definition) is 6. The molecule has 2 aromatic rings. The van der Waals surface area contributed by atoms with Crippen molar-refractivity contribution in [2.45, 2.75) is 13.0 Å². The van der Waals surface area contributed by atoms with Crippen LogP contribution in [0.3, 0.4) is 0 Å². The van der Waals surface area contributed by atoms with Crippen LogP contribution in [0.5, 0.6) is 0 Å². The molecular weight excluding hydrogens is 404 g/mol. The quantitative estimate of drug-likeness (QED) is 0.569. The van der Waals surface area contributed by atoms with Gasteiger partial charge in [0, 0.05) is 10.6 Å². The summed E-state index contributed by atoms with van der Waals surface area (Å²) in [7, 11) is 0. The van der Waals surface area contributed by atoms with Crippen molar-refractivity contribution in [2.24, 2.45) is 0 Å². The van der Waals surface area contributed by atoms with Crippen LogP contribution in [0.1, 0.15) is 22.2 Å². The Morgan fingerprint density at radius 1 is 1.26 bits per heavy atom. The molecule has 1 aliphatic rings. The number of thiocarbonyl (C=S) groups is 1. The number of anilines is 1. The molecule has 27 heavy (non-hydrogen) atoms. The molecule has 1 fully saturated rings. The molecule has 2 N–H and O–H groups in total. The van der Waals surface area contributed by atoms with Crippen molar-refractivity contribution in [1.82, 2.24) is 4.90 Å². The molecule has 3 rings (SSSR count). The van der Waals surface area contributed by atoms with Gasteiger partial charge in [-0.3, -0.25) is 14.5 Å². The number of rotatable bonds is 5. The lowest BCUT2D eigenvalue weighted by Gasteiger charge is -2.22. The smallest absolute Gasteiger partial charge is 0.335 e. The number of thioether (sulfide) groups is 1. The van der Waals surface area contributed by atoms with Gasteiger partial charge in [-0.2, -0.15) is 0 Å². The van der Waals surface area contributed by atoms with Crippen molar-refractivity contribution in [1.29, 1.82) is 0 Å². The standard InChI is InChI=1S/C18H14N2O4S3/c1-10(15(21)19-12-6-4-11(5-7-12)17(23)24)20-16(22)14(27-18(20)25)9-13-3-2-8-26-13/h2-10H,1H3,(H,19,21)(H,23,24)/b14-9+. The molecule has 0 bridgehead atoms. The van der Waals surface area contributed by atoms with E-state index in [1.807, 2.05) is 17.5 Å². The van der Waals surface area contributed by atoms with Crippen LogP contribution in [0, 0.1) is 0 Å². The predicted molar refractivity (Wildman–Crippen MR) is 111 cm³/mol. The summed E-state index contributed by atoms with van der Waals surface area (Å²) in [4.78, 5) is 38.8. The maximum Gasteiger partial charge on any atom is 0.335 e. The van der Waals surface area contributed by atoms with Gasteiger partial charge < -0.3 is 10.4 Å². The number of nitrogens with one attached hydrogen (secondary N) is 1. The fourth-order valence-corrected chi connectivity index (χ4v) is 4.52. The Kier molecular flexibility index (Phi) is 5.73. The summed E-state index contributed by atoms with van der Waals surface area (Å²) in [5, 5.41) is 13.5. The first-order valence-corrected chi connectivity index (χ1v) is 9.92. The second-order valence-corrected chi connectivity index (χ2v) is 8.27. The van der Waals surface area contributed by atoms with Gasteiger partial charge in [0.15, 0.2) is 0 Å². The maximum absolute atomic E-state index is 12.7. The molecule has 2 heterocycles. The summed E-state index contributed by atoms with van der Waals surface area (Å²) < 4.78 is 0.326. The fourth-order valence-electron chi connectivity index (χ4n) is 2.38. The summed E-state index contributed by atoms with van der Waals surface area (Å²) in [6.07, 6.45) is 1.76. The molecule has 9 heteroatoms. The van der Waals surface area contributed by atoms with E-state index in [1.165, 1.54) is 52.3 Å². The minimum atomic E-state index is -1.05. The van der Waals surface area contributed by atoms with Gasteiger partial charge in [-0.1, -0.05) is 30.0 Å². The summed E-state index contributed by atoms with van der Waals surface area (Å²) in [6.45, 7) is 1.60. The molecule has 6 nitrogen and oxygen atoms in total. The van der Waals surface area contributed by atoms with Gasteiger partial charge in [-0.25, -0.2) is 4.79 Å². The number of amides is 2. The second kappa shape index (κ2) is 8.03. The monoisotopic (exact) mass is 418 g/mol. The highest BCUT2D eigenvalue weighted by molar-refractivity contribution is 8.26. The van der Waals surface area contributed by atoms with E-state index in [9.17, 15) is 14.4 Å². The summed E-state index contributed by atoms with van der Waals surface area (Å²) in [6, 6.07) is 8.77. The Morgan fingerprint density at radius 2 is 1.96 bits per heavy atom. The molecule has 0 radical (unpaired) electrons. The van der Waals surface area contributed by atoms with E-state index in [2.05, 4.69) is 5.32 Å². The topological polar surface area (TPSA) is 86.7 Å². The SMILES string of the molecule is CC(C(=O)Nc1ccc(C(=O)O)cc1)N1C(=O)/C(=C\c2cccs2)SC1=S. The molecule has 138 valence electrons. The lowest BCUT2D eigenvalue weighted by Crippen LogP contribution is -2.44. The number of carbonyl (C=O) groups excluding carboxylic acids is 2. The van der Waals surface area contributed by atoms with E-state index in [4.69, 9.17) is 17.3 Å². The van der Waals surface area contributed by atoms with Crippen LogP contribution in [0.4, 0.5) is 5.69 Å². The number of thiophene rings is 1. The van der Waals surface area contributed by atoms with Gasteiger partial charge in [-0.15, -0.1) is 11.3 Å². The number of hydrogen-bond donors (Lipinski definition) is 2. The summed E-state index contributed by atoms with van der Waals surface area (Å²) in [5.41, 5.74) is 0.563. The van der Waals surface area contributed by atoms with E-state index >= 15 is 0 Å². The average molecular weight is 419 g/mol. The van der Waals surface area contributed by atoms with Crippen LogP contribution < -0.4 is 5.32 Å². The minimum Gasteiger partial charge on any atom is -0.478 e. The molecule has 2 amide bonds. The lowest BCUT2D eigenvalue weighted by atomic mass is 10.2. The molecule has 1 atom stereocenters. The Balaban J connectivity index is 1.71. The van der Waals surface area contributed by atoms with Crippen molar-refractivity contribution in [3.8, 4) is 0 Å². The Labute approximate surface area is 168 Å². The zero-order valence-electron chi connectivity index (χ0n) is 14.0. The van der Waals surface area contributed by atoms with E-state index in [0.717, 1.165) is 4.88 Å². The number of carboxylic acids is 1. The molecule has 0 saturated carbocycles. The maximum atomic E-state index is 12.7. The third-order valence-electron chi connectivity index (χ3n) is 3.81. The second-order valence-electron chi connectivity index (χ2n) is 5.61. The molecule has 0 spiro atoms. The first-order valence-electron chi connectivity index (χ1n) is 7.81. The molecule has 1 saturated heterocycles. The van der Waals surface area contributed by atoms with Gasteiger partial charge in [-0.05, 0) is 48.7 Å². The van der Waals surface area contributed by atoms with Crippen LogP contribution in [-0.2, 0) is 9.59 Å². The zero-order valence-corrected chi connectivity index (χ0v) is 16.5. The molecule has 1 unspecified atom stereocenters. The third-order valence-corrected chi connectivity index (χ3v) is 5.96. The average Bonchev–Trinajstić information content (AvgIpc) is 3.23. The Morgan fingerprint density at radius 3 is 2.56 bits per heavy atom. The largest absolute Gasteiger partial charge is 0.478 e. The molecule has 1 aromatic heterocycles. The number of carbonyl (C=O) groups is 3. The number of benzene rings is 1. The fraction of sp³-hybridized carbons (Fsp3) is 0.111. The van der Waals surface area contributed by atoms with Gasteiger partial charge >= 0.3 is 5.97 Å². The van der Waals surface area contributed by atoms with Crippen LogP contribution >= 0.6 is 35.3 Å². The van der Waals surface area contributed by atoms with E-state index in [-0.39, 0.29) is 11.5 Å². The predicted octanol–water partition coefficient (Wildman–Crippen LogP) is 3.67. The normalized spacial score (nSPS) is 16.6. The minimum absolute atomic E-state index is 0.122. The Hall–Kier alpha value is -2.49. The summed E-state index contributed by atoms with van der Waals surface area (Å²) >= 11 is 7.96. The van der Waals surface area contributed by atoms with Crippen molar-refractivity contribution < 1.29 is 19.5 Å². The van der Waals surface area contributed by atoms with Crippen molar-refractivity contribution >= 4 is 69.2 Å². The number of aromatic carboxylic acids is 1. The van der Waals surface area contributed by atoms with Crippen molar-refractivity contribution in [2.75, 3.05) is 5.32 Å². The van der Waals surface area contributed by atoms with Crippen molar-refractivity contribution in [3.63, 3.8) is 0 Å². The zero-order chi connectivity index (χ0) is 19.6. The Bertz CT molecular complexity index is 936. The van der Waals surface area contributed by atoms with Crippen LogP contribution in [0.2, 0.25) is 0 Å². The third kappa shape index (κ3) is 4.26. The highest BCUT2D eigenvalue weighted by Gasteiger charge is 2.38. The molecule has 0 aliphatic carbocycles. The molecule has 1 aliphatic heterocycles. The van der Waals surface area contributed by atoms with Crippen molar-refractivity contribution in [3.05, 3.63) is 57.1 Å². The van der Waals surface area contributed by atoms with Gasteiger partial charge in [0.05, 0.1) is 10.5 Å². The summed E-state index contributed by atoms with van der Waals surface area (Å²) in [5.74, 6) is -1.76. The molecule has 1 aromatic carbocycles. The van der Waals surface area contributed by atoms with E-state index in [0.29, 0.717) is 14.9 Å². The number of nitrogens with zero attached hydrogens (tertiary/aromatic N) is 1. The first kappa shape index (κ1) is 19.3. The van der Waals surface area contributed by atoms with Gasteiger partial charge in [0.2, 0.25) is 5.91 Å². The van der Waals surface area contributed by atoms with Crippen LogP contribution in [0.25, 0.3) is 6.08 Å². The number of carboxylic acid groups (broad SMARTS) is 1. The lowest BCUT2D eigenvalue weighted by molar-refractivity contribution is -0.129. The first-order chi connectivity index (χ1) is 12.9. The van der Waals surface area contributed by atoms with Gasteiger partial charge in [0.1, 0.15) is 10.4 Å².